The van der Waals surface area contributed by atoms with Gasteiger partial charge in [-0.05, 0) is 78.7 Å². The summed E-state index contributed by atoms with van der Waals surface area (Å²) in [6, 6.07) is 24.0. The van der Waals surface area contributed by atoms with Crippen molar-refractivity contribution in [2.75, 3.05) is 4.90 Å². The van der Waals surface area contributed by atoms with Gasteiger partial charge in [-0.2, -0.15) is 0 Å². The van der Waals surface area contributed by atoms with Gasteiger partial charge < -0.3 is 9.47 Å². The van der Waals surface area contributed by atoms with E-state index in [4.69, 9.17) is 32.7 Å². The molecule has 0 radical (unpaired) electrons. The van der Waals surface area contributed by atoms with E-state index in [1.54, 1.807) is 60.7 Å². The highest BCUT2D eigenvalue weighted by Crippen LogP contribution is 2.30. The van der Waals surface area contributed by atoms with Gasteiger partial charge in [0.2, 0.25) is 0 Å². The summed E-state index contributed by atoms with van der Waals surface area (Å²) in [5.74, 6) is -0.605. The average Bonchev–Trinajstić information content (AvgIpc) is 2.97. The number of rotatable bonds is 8. The topological polar surface area (TPSA) is 84.9 Å². The zero-order chi connectivity index (χ0) is 29.8. The second kappa shape index (κ2) is 12.8. The van der Waals surface area contributed by atoms with E-state index in [0.29, 0.717) is 38.2 Å². The molecule has 10 heteroatoms. The number of aryl methyl sites for hydroxylation is 1. The minimum absolute atomic E-state index is 0.164. The number of nitrogens with zero attached hydrogens (tertiary/aromatic N) is 1. The fourth-order valence-corrected chi connectivity index (χ4v) is 4.84. The number of carbonyl (C=O) groups excluding carboxylic acids is 3. The summed E-state index contributed by atoms with van der Waals surface area (Å²) >= 11 is 15.5. The molecule has 1 saturated heterocycles. The van der Waals surface area contributed by atoms with Crippen LogP contribution in [0.5, 0.6) is 11.5 Å². The molecule has 0 aromatic heterocycles. The Kier molecular flexibility index (Phi) is 8.97. The van der Waals surface area contributed by atoms with Crippen molar-refractivity contribution in [2.45, 2.75) is 20.1 Å². The number of imide groups is 2. The lowest BCUT2D eigenvalue weighted by Crippen LogP contribution is -2.54. The fourth-order valence-electron chi connectivity index (χ4n) is 4.14. The number of nitrogens with one attached hydrogen (secondary N) is 1. The van der Waals surface area contributed by atoms with Gasteiger partial charge in [0, 0.05) is 10.0 Å². The van der Waals surface area contributed by atoms with E-state index in [9.17, 15) is 14.4 Å². The molecule has 1 fully saturated rings. The lowest BCUT2D eigenvalue weighted by atomic mass is 10.1. The van der Waals surface area contributed by atoms with E-state index < -0.39 is 17.8 Å². The number of ether oxygens (including phenoxy) is 2. The van der Waals surface area contributed by atoms with Crippen molar-refractivity contribution in [3.8, 4) is 11.5 Å². The molecule has 4 aromatic rings. The summed E-state index contributed by atoms with van der Waals surface area (Å²) < 4.78 is 12.5. The normalized spacial score (nSPS) is 14.2. The predicted molar refractivity (Wildman–Crippen MR) is 166 cm³/mol. The van der Waals surface area contributed by atoms with Crippen molar-refractivity contribution in [1.29, 1.82) is 0 Å². The zero-order valence-corrected chi connectivity index (χ0v) is 25.3. The van der Waals surface area contributed by atoms with E-state index >= 15 is 0 Å². The smallest absolute Gasteiger partial charge is 0.335 e. The molecule has 1 heterocycles. The molecule has 7 nitrogen and oxygen atoms in total. The van der Waals surface area contributed by atoms with Crippen molar-refractivity contribution in [3.63, 3.8) is 0 Å². The van der Waals surface area contributed by atoms with E-state index in [1.807, 2.05) is 31.2 Å². The van der Waals surface area contributed by atoms with Gasteiger partial charge in [0.15, 0.2) is 0 Å². The molecule has 1 N–H and O–H groups in total. The van der Waals surface area contributed by atoms with Crippen LogP contribution < -0.4 is 19.7 Å². The molecule has 5 rings (SSSR count). The first-order valence-corrected chi connectivity index (χ1v) is 14.3. The summed E-state index contributed by atoms with van der Waals surface area (Å²) in [4.78, 5) is 39.9. The second-order valence-corrected chi connectivity index (χ2v) is 11.2. The van der Waals surface area contributed by atoms with Gasteiger partial charge in [0.1, 0.15) is 30.3 Å². The van der Waals surface area contributed by atoms with Crippen molar-refractivity contribution in [2.24, 2.45) is 0 Å². The Morgan fingerprint density at radius 1 is 0.810 bits per heavy atom. The number of hydrogen-bond acceptors (Lipinski definition) is 5. The molecule has 0 aliphatic carbocycles. The van der Waals surface area contributed by atoms with Crippen molar-refractivity contribution in [1.82, 2.24) is 5.32 Å². The van der Waals surface area contributed by atoms with Gasteiger partial charge in [-0.3, -0.25) is 14.9 Å². The van der Waals surface area contributed by atoms with Crippen LogP contribution in [0.2, 0.25) is 10.0 Å². The van der Waals surface area contributed by atoms with Crippen molar-refractivity contribution >= 4 is 68.7 Å². The predicted octanol–water partition coefficient (Wildman–Crippen LogP) is 7.89. The Bertz CT molecular complexity index is 1710. The van der Waals surface area contributed by atoms with Crippen LogP contribution in [0.25, 0.3) is 6.08 Å². The van der Waals surface area contributed by atoms with Crippen LogP contribution in [-0.4, -0.2) is 17.8 Å². The lowest BCUT2D eigenvalue weighted by molar-refractivity contribution is -0.122. The molecule has 0 atom stereocenters. The molecule has 1 aliphatic rings. The van der Waals surface area contributed by atoms with E-state index in [2.05, 4.69) is 21.2 Å². The molecule has 212 valence electrons. The zero-order valence-electron chi connectivity index (χ0n) is 22.2. The maximum atomic E-state index is 13.5. The number of carbonyl (C=O) groups is 3. The van der Waals surface area contributed by atoms with Crippen LogP contribution in [0.15, 0.2) is 95.0 Å². The van der Waals surface area contributed by atoms with Crippen LogP contribution in [0.1, 0.15) is 22.3 Å². The number of benzene rings is 4. The van der Waals surface area contributed by atoms with E-state index in [0.717, 1.165) is 21.6 Å². The summed E-state index contributed by atoms with van der Waals surface area (Å²) in [5.41, 5.74) is 3.45. The summed E-state index contributed by atoms with van der Waals surface area (Å²) in [6.45, 7) is 2.55. The number of urea groups is 1. The van der Waals surface area contributed by atoms with Gasteiger partial charge >= 0.3 is 6.03 Å². The third-order valence-corrected chi connectivity index (χ3v) is 7.61. The van der Waals surface area contributed by atoms with Crippen LogP contribution in [-0.2, 0) is 22.8 Å². The van der Waals surface area contributed by atoms with Crippen LogP contribution in [0.4, 0.5) is 10.5 Å². The molecule has 1 aliphatic heterocycles. The first-order valence-electron chi connectivity index (χ1n) is 12.7. The van der Waals surface area contributed by atoms with Gasteiger partial charge in [0.25, 0.3) is 11.8 Å². The largest absolute Gasteiger partial charge is 0.489 e. The maximum absolute atomic E-state index is 13.5. The molecule has 4 amide bonds. The standard InChI is InChI=1S/C32H23BrCl2N2O5/c1-19-2-4-20(5-3-19)17-41-25-10-8-24(9-11-25)37-31(39)26(30(38)36-32(37)40)16-22-15-23(33)7-13-29(22)42-18-21-6-12-27(34)28(35)14-21/h2-16H,17-18H2,1H3,(H,36,38,40)/b26-16+. The molecule has 0 spiro atoms. The summed E-state index contributed by atoms with van der Waals surface area (Å²) in [7, 11) is 0. The Morgan fingerprint density at radius 2 is 1.50 bits per heavy atom. The molecule has 4 aromatic carbocycles. The molecular formula is C32H23BrCl2N2O5. The Hall–Kier alpha value is -4.11. The Balaban J connectivity index is 1.35. The average molecular weight is 666 g/mol. The fraction of sp³-hybridized carbons (Fsp3) is 0.0938. The highest BCUT2D eigenvalue weighted by Gasteiger charge is 2.37. The molecule has 0 bridgehead atoms. The first kappa shape index (κ1) is 29.4. The highest BCUT2D eigenvalue weighted by molar-refractivity contribution is 9.10. The Morgan fingerprint density at radius 3 is 2.21 bits per heavy atom. The van der Waals surface area contributed by atoms with E-state index in [1.165, 1.54) is 6.08 Å². The van der Waals surface area contributed by atoms with Gasteiger partial charge in [0.05, 0.1) is 15.7 Å². The maximum Gasteiger partial charge on any atom is 0.335 e. The molecule has 42 heavy (non-hydrogen) atoms. The number of halogens is 3. The van der Waals surface area contributed by atoms with Gasteiger partial charge in [-0.25, -0.2) is 9.69 Å². The lowest BCUT2D eigenvalue weighted by Gasteiger charge is -2.26. The number of amides is 4. The monoisotopic (exact) mass is 664 g/mol. The van der Waals surface area contributed by atoms with Crippen molar-refractivity contribution < 1.29 is 23.9 Å². The number of hydrogen-bond donors (Lipinski definition) is 1. The third-order valence-electron chi connectivity index (χ3n) is 6.37. The molecule has 0 saturated carbocycles. The van der Waals surface area contributed by atoms with Gasteiger partial charge in [-0.1, -0.05) is 75.0 Å². The molecule has 0 unspecified atom stereocenters. The molecular weight excluding hydrogens is 643 g/mol. The van der Waals surface area contributed by atoms with Crippen LogP contribution in [0, 0.1) is 6.92 Å². The van der Waals surface area contributed by atoms with Crippen molar-refractivity contribution in [3.05, 3.63) is 127 Å². The van der Waals surface area contributed by atoms with Crippen LogP contribution >= 0.6 is 39.1 Å². The van der Waals surface area contributed by atoms with Gasteiger partial charge in [-0.15, -0.1) is 0 Å². The minimum atomic E-state index is -0.846. The highest BCUT2D eigenvalue weighted by atomic mass is 79.9. The minimum Gasteiger partial charge on any atom is -0.489 e. The number of anilines is 1. The quantitative estimate of drug-likeness (QED) is 0.153. The summed E-state index contributed by atoms with van der Waals surface area (Å²) in [6.07, 6.45) is 1.39. The van der Waals surface area contributed by atoms with Crippen LogP contribution in [0.3, 0.4) is 0 Å². The van der Waals surface area contributed by atoms with E-state index in [-0.39, 0.29) is 17.9 Å². The summed E-state index contributed by atoms with van der Waals surface area (Å²) in [5, 5.41) is 3.08. The second-order valence-electron chi connectivity index (χ2n) is 9.45. The SMILES string of the molecule is Cc1ccc(COc2ccc(N3C(=O)NC(=O)/C(=C\c4cc(Br)ccc4OCc4ccc(Cl)c(Cl)c4)C3=O)cc2)cc1. The first-order chi connectivity index (χ1) is 20.2. The Labute approximate surface area is 260 Å². The third kappa shape index (κ3) is 6.85. The number of barbiturate groups is 1.